The molecular formula is C31H30F3N3O3S. The van der Waals surface area contributed by atoms with Gasteiger partial charge in [-0.2, -0.15) is 5.10 Å². The standard InChI is InChI=1S/C31H30F3N3O3S/c1-31(2,34)24-13-18(33)5-7-21(24)30-28(22-8-9-25-23(15-35-36-25)29(22)41-30)40-19-6-10-26(27(14-19)38-3)39-20-16-37(17-20)12-4-11-32/h5-10,13-15,20H,4,11-12,16-17H2,1-3H3,(H,35,36). The molecule has 1 aliphatic heterocycles. The number of hydrogen-bond acceptors (Lipinski definition) is 6. The molecule has 1 saturated heterocycles. The molecule has 2 aromatic heterocycles. The van der Waals surface area contributed by atoms with Gasteiger partial charge >= 0.3 is 0 Å². The Morgan fingerprint density at radius 3 is 2.66 bits per heavy atom. The van der Waals surface area contributed by atoms with Gasteiger partial charge in [0.15, 0.2) is 17.2 Å². The van der Waals surface area contributed by atoms with Crippen molar-refractivity contribution in [1.29, 1.82) is 0 Å². The topological polar surface area (TPSA) is 59.6 Å². The van der Waals surface area contributed by atoms with E-state index < -0.39 is 11.5 Å². The number of fused-ring (bicyclic) bond motifs is 3. The summed E-state index contributed by atoms with van der Waals surface area (Å²) in [5, 5.41) is 8.91. The highest BCUT2D eigenvalue weighted by Gasteiger charge is 2.30. The Morgan fingerprint density at radius 2 is 1.90 bits per heavy atom. The summed E-state index contributed by atoms with van der Waals surface area (Å²) in [5.74, 6) is 1.63. The van der Waals surface area contributed by atoms with Crippen LogP contribution in [-0.4, -0.2) is 54.6 Å². The molecule has 0 aliphatic carbocycles. The first-order chi connectivity index (χ1) is 19.7. The van der Waals surface area contributed by atoms with Crippen LogP contribution in [-0.2, 0) is 5.67 Å². The zero-order chi connectivity index (χ0) is 28.7. The monoisotopic (exact) mass is 581 g/mol. The highest BCUT2D eigenvalue weighted by Crippen LogP contribution is 2.51. The van der Waals surface area contributed by atoms with Crippen molar-refractivity contribution >= 4 is 32.3 Å². The van der Waals surface area contributed by atoms with E-state index in [4.69, 9.17) is 14.2 Å². The molecule has 0 saturated carbocycles. The SMILES string of the molecule is COc1cc(Oc2c(-c3ccc(F)cc3C(C)(C)F)sc3c2ccc2[nH]ncc23)ccc1OC1CN(CCCF)C1. The van der Waals surface area contributed by atoms with Crippen molar-refractivity contribution in [2.75, 3.05) is 33.4 Å². The Hall–Kier alpha value is -3.76. The van der Waals surface area contributed by atoms with E-state index in [-0.39, 0.29) is 18.3 Å². The van der Waals surface area contributed by atoms with E-state index in [1.54, 1.807) is 37.6 Å². The molecule has 3 heterocycles. The van der Waals surface area contributed by atoms with Crippen LogP contribution in [0.5, 0.6) is 23.0 Å². The van der Waals surface area contributed by atoms with Crippen LogP contribution in [0.15, 0.2) is 54.7 Å². The highest BCUT2D eigenvalue weighted by atomic mass is 32.1. The summed E-state index contributed by atoms with van der Waals surface area (Å²) in [7, 11) is 1.56. The molecule has 0 amide bonds. The first-order valence-corrected chi connectivity index (χ1v) is 14.3. The number of H-pyrrole nitrogens is 1. The largest absolute Gasteiger partial charge is 0.493 e. The van der Waals surface area contributed by atoms with Gasteiger partial charge in [0.05, 0.1) is 30.4 Å². The molecule has 0 bridgehead atoms. The molecule has 214 valence electrons. The van der Waals surface area contributed by atoms with Crippen molar-refractivity contribution in [1.82, 2.24) is 15.1 Å². The average molecular weight is 582 g/mol. The summed E-state index contributed by atoms with van der Waals surface area (Å²) in [4.78, 5) is 2.83. The Kier molecular flexibility index (Phi) is 7.29. The van der Waals surface area contributed by atoms with Crippen molar-refractivity contribution < 1.29 is 27.4 Å². The molecule has 1 aliphatic rings. The van der Waals surface area contributed by atoms with Crippen LogP contribution in [0.1, 0.15) is 25.8 Å². The smallest absolute Gasteiger partial charge is 0.164 e. The highest BCUT2D eigenvalue weighted by molar-refractivity contribution is 7.23. The third-order valence-electron chi connectivity index (χ3n) is 7.28. The fourth-order valence-corrected chi connectivity index (χ4v) is 6.48. The minimum absolute atomic E-state index is 0.000945. The number of rotatable bonds is 10. The summed E-state index contributed by atoms with van der Waals surface area (Å²) < 4.78 is 61.3. The van der Waals surface area contributed by atoms with E-state index >= 15 is 4.39 Å². The van der Waals surface area contributed by atoms with Gasteiger partial charge in [0.25, 0.3) is 0 Å². The first kappa shape index (κ1) is 27.4. The number of halogens is 3. The molecule has 0 radical (unpaired) electrons. The third-order valence-corrected chi connectivity index (χ3v) is 8.53. The van der Waals surface area contributed by atoms with Crippen molar-refractivity contribution in [3.8, 4) is 33.4 Å². The van der Waals surface area contributed by atoms with Gasteiger partial charge in [-0.1, -0.05) is 6.07 Å². The van der Waals surface area contributed by atoms with Gasteiger partial charge in [0.1, 0.15) is 23.3 Å². The van der Waals surface area contributed by atoms with Crippen LogP contribution in [0.3, 0.4) is 0 Å². The second-order valence-corrected chi connectivity index (χ2v) is 11.7. The van der Waals surface area contributed by atoms with E-state index in [1.165, 1.54) is 37.3 Å². The number of nitrogens with one attached hydrogen (secondary N) is 1. The number of ether oxygens (including phenoxy) is 3. The van der Waals surface area contributed by atoms with Crippen LogP contribution in [0.4, 0.5) is 13.2 Å². The van der Waals surface area contributed by atoms with Crippen LogP contribution in [0.2, 0.25) is 0 Å². The maximum absolute atomic E-state index is 15.4. The summed E-state index contributed by atoms with van der Waals surface area (Å²) in [6.45, 7) is 4.70. The second-order valence-electron chi connectivity index (χ2n) is 10.7. The number of aromatic amines is 1. The number of benzene rings is 3. The van der Waals surface area contributed by atoms with Gasteiger partial charge in [-0.15, -0.1) is 11.3 Å². The van der Waals surface area contributed by atoms with Crippen molar-refractivity contribution in [2.45, 2.75) is 32.0 Å². The Balaban J connectivity index is 1.38. The van der Waals surface area contributed by atoms with Gasteiger partial charge in [-0.05, 0) is 56.7 Å². The predicted octanol–water partition coefficient (Wildman–Crippen LogP) is 8.01. The third kappa shape index (κ3) is 5.34. The van der Waals surface area contributed by atoms with Crippen molar-refractivity contribution in [3.05, 3.63) is 66.1 Å². The molecule has 0 atom stereocenters. The van der Waals surface area contributed by atoms with E-state index in [0.29, 0.717) is 39.9 Å². The van der Waals surface area contributed by atoms with Crippen LogP contribution in [0.25, 0.3) is 31.4 Å². The number of nitrogens with zero attached hydrogens (tertiary/aromatic N) is 2. The lowest BCUT2D eigenvalue weighted by molar-refractivity contribution is 0.0169. The number of methoxy groups -OCH3 is 1. The van der Waals surface area contributed by atoms with Crippen LogP contribution in [0, 0.1) is 5.82 Å². The maximum Gasteiger partial charge on any atom is 0.164 e. The Morgan fingerprint density at radius 1 is 1.07 bits per heavy atom. The Bertz CT molecular complexity index is 1710. The van der Waals surface area contributed by atoms with Gasteiger partial charge in [0, 0.05) is 52.3 Å². The maximum atomic E-state index is 15.4. The summed E-state index contributed by atoms with van der Waals surface area (Å²) in [5.41, 5.74) is -0.133. The zero-order valence-corrected chi connectivity index (χ0v) is 23.8. The number of alkyl halides is 2. The summed E-state index contributed by atoms with van der Waals surface area (Å²) in [6, 6.07) is 13.4. The van der Waals surface area contributed by atoms with E-state index in [1.807, 2.05) is 12.1 Å². The number of likely N-dealkylation sites (tertiary alicyclic amines) is 1. The molecule has 6 nitrogen and oxygen atoms in total. The molecular weight excluding hydrogens is 551 g/mol. The lowest BCUT2D eigenvalue weighted by Gasteiger charge is -2.39. The minimum atomic E-state index is -1.79. The minimum Gasteiger partial charge on any atom is -0.493 e. The first-order valence-electron chi connectivity index (χ1n) is 13.4. The van der Waals surface area contributed by atoms with Gasteiger partial charge in [-0.3, -0.25) is 14.4 Å². The van der Waals surface area contributed by atoms with Gasteiger partial charge in [0.2, 0.25) is 0 Å². The summed E-state index contributed by atoms with van der Waals surface area (Å²) in [6.07, 6.45) is 2.28. The van der Waals surface area contributed by atoms with Crippen molar-refractivity contribution in [2.24, 2.45) is 0 Å². The molecule has 1 fully saturated rings. The van der Waals surface area contributed by atoms with E-state index in [9.17, 15) is 8.78 Å². The van der Waals surface area contributed by atoms with Gasteiger partial charge < -0.3 is 14.2 Å². The van der Waals surface area contributed by atoms with E-state index in [0.717, 1.165) is 40.6 Å². The molecule has 0 spiro atoms. The lowest BCUT2D eigenvalue weighted by Crippen LogP contribution is -2.53. The molecule has 3 aromatic carbocycles. The molecule has 10 heteroatoms. The molecule has 1 N–H and O–H groups in total. The van der Waals surface area contributed by atoms with Crippen molar-refractivity contribution in [3.63, 3.8) is 0 Å². The molecule has 6 rings (SSSR count). The molecule has 0 unspecified atom stereocenters. The lowest BCUT2D eigenvalue weighted by atomic mass is 9.93. The summed E-state index contributed by atoms with van der Waals surface area (Å²) >= 11 is 1.45. The number of aromatic nitrogens is 2. The number of hydrogen-bond donors (Lipinski definition) is 1. The van der Waals surface area contributed by atoms with Crippen LogP contribution < -0.4 is 14.2 Å². The molecule has 5 aromatic rings. The average Bonchev–Trinajstić information content (AvgIpc) is 3.55. The zero-order valence-electron chi connectivity index (χ0n) is 23.0. The van der Waals surface area contributed by atoms with Crippen LogP contribution >= 0.6 is 11.3 Å². The van der Waals surface area contributed by atoms with E-state index in [2.05, 4.69) is 15.1 Å². The Labute approximate surface area is 239 Å². The van der Waals surface area contributed by atoms with Gasteiger partial charge in [-0.25, -0.2) is 8.78 Å². The normalized spacial score (nSPS) is 14.5. The fraction of sp³-hybridized carbons (Fsp3) is 0.323. The quantitative estimate of drug-likeness (QED) is 0.181. The fourth-order valence-electron chi connectivity index (χ4n) is 5.21. The second kappa shape index (κ2) is 10.9. The predicted molar refractivity (Wildman–Crippen MR) is 156 cm³/mol. The number of thiophene rings is 1. The molecule has 41 heavy (non-hydrogen) atoms.